The Balaban J connectivity index is 2.57. The molecule has 0 aromatic heterocycles. The van der Waals surface area contributed by atoms with Crippen molar-refractivity contribution in [3.63, 3.8) is 0 Å². The molecule has 0 unspecified atom stereocenters. The van der Waals surface area contributed by atoms with Gasteiger partial charge in [0.25, 0.3) is 0 Å². The number of carbonyl (C=O) groups is 1. The lowest BCUT2D eigenvalue weighted by atomic mass is 10.1. The van der Waals surface area contributed by atoms with Crippen molar-refractivity contribution >= 4 is 5.91 Å². The summed E-state index contributed by atoms with van der Waals surface area (Å²) >= 11 is 0. The fourth-order valence-corrected chi connectivity index (χ4v) is 1.17. The number of carbonyl (C=O) groups excluding carboxylic acids is 1. The normalized spacial score (nSPS) is 12.1. The van der Waals surface area contributed by atoms with E-state index in [4.69, 9.17) is 5.73 Å². The molecule has 0 aliphatic rings. The second-order valence-electron chi connectivity index (χ2n) is 3.18. The van der Waals surface area contributed by atoms with E-state index in [1.807, 2.05) is 37.3 Å². The van der Waals surface area contributed by atoms with Crippen molar-refractivity contribution in [2.75, 3.05) is 6.54 Å². The summed E-state index contributed by atoms with van der Waals surface area (Å²) in [4.78, 5) is 11.5. The van der Waals surface area contributed by atoms with Gasteiger partial charge in [-0.05, 0) is 12.0 Å². The molecule has 0 fully saturated rings. The van der Waals surface area contributed by atoms with Crippen molar-refractivity contribution in [3.8, 4) is 0 Å². The lowest BCUT2D eigenvalue weighted by Crippen LogP contribution is -2.34. The van der Waals surface area contributed by atoms with Crippen molar-refractivity contribution in [2.45, 2.75) is 19.4 Å². The summed E-state index contributed by atoms with van der Waals surface area (Å²) in [7, 11) is 0. The van der Waals surface area contributed by atoms with Gasteiger partial charge in [-0.3, -0.25) is 4.79 Å². The number of rotatable bonds is 4. The van der Waals surface area contributed by atoms with Gasteiger partial charge in [0, 0.05) is 6.54 Å². The third kappa shape index (κ3) is 2.85. The number of hydrogen-bond donors (Lipinski definition) is 2. The number of amides is 1. The Bertz CT molecular complexity index is 285. The van der Waals surface area contributed by atoms with E-state index in [1.165, 1.54) is 0 Å². The van der Waals surface area contributed by atoms with E-state index < -0.39 is 6.04 Å². The molecule has 0 spiro atoms. The molecule has 0 aliphatic heterocycles. The Morgan fingerprint density at radius 2 is 2.07 bits per heavy atom. The summed E-state index contributed by atoms with van der Waals surface area (Å²) in [6, 6.07) is 8.82. The summed E-state index contributed by atoms with van der Waals surface area (Å²) in [6.45, 7) is 2.69. The standard InChI is InChI=1S/C11H16N2O/c1-2-8-13-11(14)10(12)9-6-4-3-5-7-9/h3-7,10H,2,8,12H2,1H3,(H,13,14)/t10-/m1/s1. The third-order valence-corrected chi connectivity index (χ3v) is 1.99. The molecule has 0 saturated carbocycles. The van der Waals surface area contributed by atoms with Crippen LogP contribution in [0.4, 0.5) is 0 Å². The fourth-order valence-electron chi connectivity index (χ4n) is 1.17. The van der Waals surface area contributed by atoms with E-state index in [-0.39, 0.29) is 5.91 Å². The number of hydrogen-bond acceptors (Lipinski definition) is 2. The zero-order valence-corrected chi connectivity index (χ0v) is 8.36. The highest BCUT2D eigenvalue weighted by atomic mass is 16.2. The number of benzene rings is 1. The molecule has 76 valence electrons. The predicted molar refractivity (Wildman–Crippen MR) is 56.7 cm³/mol. The van der Waals surface area contributed by atoms with Crippen LogP contribution in [0.15, 0.2) is 30.3 Å². The summed E-state index contributed by atoms with van der Waals surface area (Å²) in [5, 5.41) is 2.77. The molecule has 0 bridgehead atoms. The van der Waals surface area contributed by atoms with E-state index >= 15 is 0 Å². The Morgan fingerprint density at radius 3 is 2.64 bits per heavy atom. The molecule has 1 atom stereocenters. The molecule has 0 radical (unpaired) electrons. The van der Waals surface area contributed by atoms with E-state index in [0.29, 0.717) is 6.54 Å². The van der Waals surface area contributed by atoms with E-state index in [0.717, 1.165) is 12.0 Å². The summed E-state index contributed by atoms with van der Waals surface area (Å²) in [5.41, 5.74) is 6.62. The van der Waals surface area contributed by atoms with Crippen LogP contribution in [0.5, 0.6) is 0 Å². The van der Waals surface area contributed by atoms with Crippen LogP contribution in [-0.4, -0.2) is 12.5 Å². The van der Waals surface area contributed by atoms with E-state index in [2.05, 4.69) is 5.32 Å². The molecule has 3 N–H and O–H groups in total. The Hall–Kier alpha value is -1.35. The minimum Gasteiger partial charge on any atom is -0.354 e. The Morgan fingerprint density at radius 1 is 1.43 bits per heavy atom. The van der Waals surface area contributed by atoms with Crippen LogP contribution in [0, 0.1) is 0 Å². The second kappa shape index (κ2) is 5.40. The number of nitrogens with two attached hydrogens (primary N) is 1. The highest BCUT2D eigenvalue weighted by Crippen LogP contribution is 2.08. The summed E-state index contributed by atoms with van der Waals surface area (Å²) in [5.74, 6) is -0.113. The smallest absolute Gasteiger partial charge is 0.241 e. The Kier molecular flexibility index (Phi) is 4.13. The molecule has 1 aromatic rings. The molecule has 1 amide bonds. The highest BCUT2D eigenvalue weighted by Gasteiger charge is 2.13. The van der Waals surface area contributed by atoms with Gasteiger partial charge in [-0.1, -0.05) is 37.3 Å². The topological polar surface area (TPSA) is 55.1 Å². The first-order valence-electron chi connectivity index (χ1n) is 4.84. The van der Waals surface area contributed by atoms with Crippen molar-refractivity contribution in [1.82, 2.24) is 5.32 Å². The lowest BCUT2D eigenvalue weighted by Gasteiger charge is -2.11. The molecular weight excluding hydrogens is 176 g/mol. The SMILES string of the molecule is CCCNC(=O)[C@H](N)c1ccccc1. The van der Waals surface area contributed by atoms with Gasteiger partial charge in [-0.25, -0.2) is 0 Å². The molecule has 1 rings (SSSR count). The molecular formula is C11H16N2O. The first-order valence-corrected chi connectivity index (χ1v) is 4.84. The summed E-state index contributed by atoms with van der Waals surface area (Å²) < 4.78 is 0. The lowest BCUT2D eigenvalue weighted by molar-refractivity contribution is -0.122. The Labute approximate surface area is 84.3 Å². The first-order chi connectivity index (χ1) is 6.75. The van der Waals surface area contributed by atoms with Gasteiger partial charge < -0.3 is 11.1 Å². The van der Waals surface area contributed by atoms with Crippen molar-refractivity contribution in [3.05, 3.63) is 35.9 Å². The average molecular weight is 192 g/mol. The first kappa shape index (κ1) is 10.7. The maximum atomic E-state index is 11.5. The average Bonchev–Trinajstić information content (AvgIpc) is 2.26. The third-order valence-electron chi connectivity index (χ3n) is 1.99. The van der Waals surface area contributed by atoms with Crippen molar-refractivity contribution < 1.29 is 4.79 Å². The minimum atomic E-state index is -0.553. The van der Waals surface area contributed by atoms with Gasteiger partial charge in [0.1, 0.15) is 6.04 Å². The van der Waals surface area contributed by atoms with Crippen LogP contribution in [0.3, 0.4) is 0 Å². The molecule has 0 heterocycles. The maximum Gasteiger partial charge on any atom is 0.241 e. The van der Waals surface area contributed by atoms with Crippen LogP contribution >= 0.6 is 0 Å². The molecule has 3 heteroatoms. The van der Waals surface area contributed by atoms with Crippen molar-refractivity contribution in [1.29, 1.82) is 0 Å². The molecule has 1 aromatic carbocycles. The zero-order valence-electron chi connectivity index (χ0n) is 8.36. The predicted octanol–water partition coefficient (Wildman–Crippen LogP) is 1.21. The minimum absolute atomic E-state index is 0.113. The van der Waals surface area contributed by atoms with Gasteiger partial charge >= 0.3 is 0 Å². The molecule has 14 heavy (non-hydrogen) atoms. The number of nitrogens with one attached hydrogen (secondary N) is 1. The van der Waals surface area contributed by atoms with Crippen LogP contribution in [0.2, 0.25) is 0 Å². The molecule has 0 aliphatic carbocycles. The van der Waals surface area contributed by atoms with Gasteiger partial charge in [-0.15, -0.1) is 0 Å². The van der Waals surface area contributed by atoms with Crippen LogP contribution < -0.4 is 11.1 Å². The largest absolute Gasteiger partial charge is 0.354 e. The van der Waals surface area contributed by atoms with Gasteiger partial charge in [0.05, 0.1) is 0 Å². The van der Waals surface area contributed by atoms with Crippen LogP contribution in [-0.2, 0) is 4.79 Å². The summed E-state index contributed by atoms with van der Waals surface area (Å²) in [6.07, 6.45) is 0.924. The van der Waals surface area contributed by atoms with E-state index in [1.54, 1.807) is 0 Å². The van der Waals surface area contributed by atoms with Gasteiger partial charge in [-0.2, -0.15) is 0 Å². The fraction of sp³-hybridized carbons (Fsp3) is 0.364. The van der Waals surface area contributed by atoms with Crippen LogP contribution in [0.25, 0.3) is 0 Å². The highest BCUT2D eigenvalue weighted by molar-refractivity contribution is 5.82. The quantitative estimate of drug-likeness (QED) is 0.753. The zero-order chi connectivity index (χ0) is 10.4. The maximum absolute atomic E-state index is 11.5. The monoisotopic (exact) mass is 192 g/mol. The van der Waals surface area contributed by atoms with Crippen LogP contribution in [0.1, 0.15) is 24.9 Å². The second-order valence-corrected chi connectivity index (χ2v) is 3.18. The molecule has 3 nitrogen and oxygen atoms in total. The van der Waals surface area contributed by atoms with Gasteiger partial charge in [0.15, 0.2) is 0 Å². The van der Waals surface area contributed by atoms with Crippen molar-refractivity contribution in [2.24, 2.45) is 5.73 Å². The van der Waals surface area contributed by atoms with E-state index in [9.17, 15) is 4.79 Å². The molecule has 0 saturated heterocycles. The van der Waals surface area contributed by atoms with Gasteiger partial charge in [0.2, 0.25) is 5.91 Å².